The monoisotopic (exact) mass is 327 g/mol. The van der Waals surface area contributed by atoms with E-state index in [1.165, 1.54) is 0 Å². The van der Waals surface area contributed by atoms with E-state index in [9.17, 15) is 14.4 Å². The van der Waals surface area contributed by atoms with E-state index in [1.807, 2.05) is 20.8 Å². The maximum Gasteiger partial charge on any atom is 0.326 e. The third-order valence-electron chi connectivity index (χ3n) is 3.70. The highest BCUT2D eigenvalue weighted by Gasteiger charge is 2.40. The number of esters is 1. The van der Waals surface area contributed by atoms with Crippen molar-refractivity contribution in [1.29, 1.82) is 0 Å². The molecule has 0 heterocycles. The molecule has 1 aliphatic rings. The second kappa shape index (κ2) is 8.29. The molecule has 0 bridgehead atoms. The number of hydrogen-bond donors (Lipinski definition) is 3. The van der Waals surface area contributed by atoms with E-state index >= 15 is 0 Å². The van der Waals surface area contributed by atoms with E-state index in [1.54, 1.807) is 6.92 Å². The zero-order valence-electron chi connectivity index (χ0n) is 14.6. The predicted octanol–water partition coefficient (Wildman–Crippen LogP) is 1.47. The fourth-order valence-electron chi connectivity index (χ4n) is 2.67. The third-order valence-corrected chi connectivity index (χ3v) is 3.70. The average molecular weight is 327 g/mol. The van der Waals surface area contributed by atoms with Crippen molar-refractivity contribution in [2.75, 3.05) is 13.2 Å². The number of imide groups is 1. The molecule has 3 N–H and O–H groups in total. The molecule has 7 nitrogen and oxygen atoms in total. The molecule has 0 aromatic carbocycles. The molecule has 1 fully saturated rings. The van der Waals surface area contributed by atoms with Crippen LogP contribution in [0.4, 0.5) is 4.79 Å². The van der Waals surface area contributed by atoms with E-state index in [2.05, 4.69) is 16.0 Å². The van der Waals surface area contributed by atoms with Gasteiger partial charge < -0.3 is 10.1 Å². The van der Waals surface area contributed by atoms with Crippen LogP contribution >= 0.6 is 0 Å². The molecular weight excluding hydrogens is 298 g/mol. The average Bonchev–Trinajstić information content (AvgIpc) is 2.44. The number of carbonyl (C=O) groups is 3. The largest absolute Gasteiger partial charge is 0.465 e. The summed E-state index contributed by atoms with van der Waals surface area (Å²) >= 11 is 0. The van der Waals surface area contributed by atoms with Crippen LogP contribution in [0.15, 0.2) is 0 Å². The summed E-state index contributed by atoms with van der Waals surface area (Å²) in [5, 5.41) is 7.93. The second-order valence-electron chi connectivity index (χ2n) is 6.97. The minimum Gasteiger partial charge on any atom is -0.465 e. The Labute approximate surface area is 137 Å². The molecular formula is C16H29N3O4. The SMILES string of the molecule is CCOC(=O)C1(NCC(=O)NC(=O)NC(C)(C)C)CCCCC1. The van der Waals surface area contributed by atoms with E-state index in [0.29, 0.717) is 19.4 Å². The Morgan fingerprint density at radius 1 is 1.09 bits per heavy atom. The topological polar surface area (TPSA) is 96.5 Å². The molecule has 0 unspecified atom stereocenters. The normalized spacial score (nSPS) is 17.2. The van der Waals surface area contributed by atoms with Gasteiger partial charge in [0.05, 0.1) is 13.2 Å². The van der Waals surface area contributed by atoms with Crippen molar-refractivity contribution in [3.05, 3.63) is 0 Å². The summed E-state index contributed by atoms with van der Waals surface area (Å²) in [4.78, 5) is 35.8. The lowest BCUT2D eigenvalue weighted by Crippen LogP contribution is -2.57. The van der Waals surface area contributed by atoms with E-state index in [0.717, 1.165) is 19.3 Å². The maximum absolute atomic E-state index is 12.2. The number of ether oxygens (including phenoxy) is 1. The first kappa shape index (κ1) is 19.4. The Morgan fingerprint density at radius 3 is 2.22 bits per heavy atom. The summed E-state index contributed by atoms with van der Waals surface area (Å²) in [6.45, 7) is 7.45. The minimum atomic E-state index is -0.813. The van der Waals surface area contributed by atoms with Gasteiger partial charge in [-0.3, -0.25) is 20.2 Å². The molecule has 132 valence electrons. The van der Waals surface area contributed by atoms with Crippen LogP contribution in [0.2, 0.25) is 0 Å². The third kappa shape index (κ3) is 6.56. The highest BCUT2D eigenvalue weighted by atomic mass is 16.5. The lowest BCUT2D eigenvalue weighted by molar-refractivity contribution is -0.152. The number of rotatable bonds is 5. The Hall–Kier alpha value is -1.63. The van der Waals surface area contributed by atoms with Gasteiger partial charge in [-0.1, -0.05) is 19.3 Å². The molecule has 0 aromatic rings. The highest BCUT2D eigenvalue weighted by molar-refractivity contribution is 5.95. The molecule has 0 aliphatic heterocycles. The molecule has 0 radical (unpaired) electrons. The van der Waals surface area contributed by atoms with E-state index in [-0.39, 0.29) is 12.5 Å². The van der Waals surface area contributed by atoms with Crippen molar-refractivity contribution in [3.8, 4) is 0 Å². The Bertz CT molecular complexity index is 437. The van der Waals surface area contributed by atoms with Crippen LogP contribution in [0.25, 0.3) is 0 Å². The van der Waals surface area contributed by atoms with Crippen LogP contribution in [0.1, 0.15) is 59.8 Å². The van der Waals surface area contributed by atoms with Gasteiger partial charge in [-0.05, 0) is 40.5 Å². The molecule has 0 aromatic heterocycles. The quantitative estimate of drug-likeness (QED) is 0.664. The van der Waals surface area contributed by atoms with Crippen molar-refractivity contribution >= 4 is 17.9 Å². The number of nitrogens with one attached hydrogen (secondary N) is 3. The van der Waals surface area contributed by atoms with Crippen molar-refractivity contribution in [2.24, 2.45) is 0 Å². The van der Waals surface area contributed by atoms with Gasteiger partial charge in [0, 0.05) is 5.54 Å². The lowest BCUT2D eigenvalue weighted by atomic mass is 9.81. The van der Waals surface area contributed by atoms with E-state index < -0.39 is 23.0 Å². The van der Waals surface area contributed by atoms with Gasteiger partial charge in [-0.15, -0.1) is 0 Å². The second-order valence-corrected chi connectivity index (χ2v) is 6.97. The van der Waals surface area contributed by atoms with Crippen LogP contribution in [0, 0.1) is 0 Å². The fraction of sp³-hybridized carbons (Fsp3) is 0.812. The molecule has 3 amide bonds. The van der Waals surface area contributed by atoms with Crippen molar-refractivity contribution in [2.45, 2.75) is 70.9 Å². The summed E-state index contributed by atoms with van der Waals surface area (Å²) in [6.07, 6.45) is 4.19. The van der Waals surface area contributed by atoms with Crippen LogP contribution < -0.4 is 16.0 Å². The molecule has 7 heteroatoms. The predicted molar refractivity (Wildman–Crippen MR) is 86.9 cm³/mol. The highest BCUT2D eigenvalue weighted by Crippen LogP contribution is 2.29. The zero-order chi connectivity index (χ0) is 17.5. The van der Waals surface area contributed by atoms with Crippen LogP contribution in [0.3, 0.4) is 0 Å². The molecule has 0 spiro atoms. The van der Waals surface area contributed by atoms with Gasteiger partial charge in [-0.25, -0.2) is 4.79 Å². The van der Waals surface area contributed by atoms with Gasteiger partial charge in [0.25, 0.3) is 0 Å². The van der Waals surface area contributed by atoms with Crippen molar-refractivity contribution in [1.82, 2.24) is 16.0 Å². The van der Waals surface area contributed by atoms with Gasteiger partial charge in [0.2, 0.25) is 5.91 Å². The molecule has 0 atom stereocenters. The standard InChI is InChI=1S/C16H29N3O4/c1-5-23-13(21)16(9-7-6-8-10-16)17-11-12(20)18-14(22)19-15(2,3)4/h17H,5-11H2,1-4H3,(H2,18,19,20,22). The molecule has 0 saturated heterocycles. The Morgan fingerprint density at radius 2 is 1.70 bits per heavy atom. The fourth-order valence-corrected chi connectivity index (χ4v) is 2.67. The molecule has 1 saturated carbocycles. The summed E-state index contributed by atoms with van der Waals surface area (Å²) in [6, 6.07) is -0.543. The zero-order valence-corrected chi connectivity index (χ0v) is 14.6. The smallest absolute Gasteiger partial charge is 0.326 e. The lowest BCUT2D eigenvalue weighted by Gasteiger charge is -2.35. The van der Waals surface area contributed by atoms with Gasteiger partial charge in [-0.2, -0.15) is 0 Å². The van der Waals surface area contributed by atoms with Gasteiger partial charge >= 0.3 is 12.0 Å². The Balaban J connectivity index is 2.56. The summed E-state index contributed by atoms with van der Waals surface area (Å²) in [5.74, 6) is -0.785. The number of carbonyl (C=O) groups excluding carboxylic acids is 3. The van der Waals surface area contributed by atoms with Crippen LogP contribution in [-0.2, 0) is 14.3 Å². The van der Waals surface area contributed by atoms with Gasteiger partial charge in [0.15, 0.2) is 0 Å². The molecule has 1 aliphatic carbocycles. The van der Waals surface area contributed by atoms with Gasteiger partial charge in [0.1, 0.15) is 5.54 Å². The first-order chi connectivity index (χ1) is 10.7. The summed E-state index contributed by atoms with van der Waals surface area (Å²) in [7, 11) is 0. The first-order valence-electron chi connectivity index (χ1n) is 8.23. The number of hydrogen-bond acceptors (Lipinski definition) is 5. The Kier molecular flexibility index (Phi) is 7.00. The van der Waals surface area contributed by atoms with Crippen LogP contribution in [-0.4, -0.2) is 42.1 Å². The number of urea groups is 1. The maximum atomic E-state index is 12.2. The minimum absolute atomic E-state index is 0.101. The van der Waals surface area contributed by atoms with Crippen molar-refractivity contribution < 1.29 is 19.1 Å². The first-order valence-corrected chi connectivity index (χ1v) is 8.23. The van der Waals surface area contributed by atoms with Crippen molar-refractivity contribution in [3.63, 3.8) is 0 Å². The van der Waals surface area contributed by atoms with Crippen LogP contribution in [0.5, 0.6) is 0 Å². The number of amides is 3. The molecule has 23 heavy (non-hydrogen) atoms. The molecule has 1 rings (SSSR count). The summed E-state index contributed by atoms with van der Waals surface area (Å²) < 4.78 is 5.15. The van der Waals surface area contributed by atoms with E-state index in [4.69, 9.17) is 4.74 Å². The summed E-state index contributed by atoms with van der Waals surface area (Å²) in [5.41, 5.74) is -1.24.